The summed E-state index contributed by atoms with van der Waals surface area (Å²) < 4.78 is 0. The van der Waals surface area contributed by atoms with Crippen LogP contribution in [0.25, 0.3) is 0 Å². The van der Waals surface area contributed by atoms with E-state index in [0.29, 0.717) is 5.92 Å². The molecule has 2 aliphatic carbocycles. The molecule has 2 saturated carbocycles. The van der Waals surface area contributed by atoms with Crippen molar-refractivity contribution in [1.29, 1.82) is 0 Å². The number of aromatic nitrogens is 2. The highest BCUT2D eigenvalue weighted by Crippen LogP contribution is 2.42. The molecule has 4 rings (SSSR count). The number of anilines is 1. The molecule has 5 nitrogen and oxygen atoms in total. The minimum Gasteiger partial charge on any atom is -0.353 e. The Morgan fingerprint density at radius 2 is 1.95 bits per heavy atom. The van der Waals surface area contributed by atoms with E-state index in [-0.39, 0.29) is 17.9 Å². The maximum Gasteiger partial charge on any atom is 0.223 e. The first-order chi connectivity index (χ1) is 10.7. The quantitative estimate of drug-likeness (QED) is 0.923. The van der Waals surface area contributed by atoms with Crippen LogP contribution in [-0.2, 0) is 4.79 Å². The van der Waals surface area contributed by atoms with Crippen LogP contribution < -0.4 is 10.2 Å². The fourth-order valence-electron chi connectivity index (χ4n) is 3.84. The topological polar surface area (TPSA) is 58.1 Å². The average Bonchev–Trinajstić information content (AvgIpc) is 3.19. The summed E-state index contributed by atoms with van der Waals surface area (Å²) in [5.41, 5.74) is 0.975. The first-order valence-electron chi connectivity index (χ1n) is 8.55. The number of nitrogens with zero attached hydrogens (tertiary/aromatic N) is 3. The van der Waals surface area contributed by atoms with Crippen LogP contribution in [0.2, 0.25) is 0 Å². The number of carbonyl (C=O) groups is 1. The monoisotopic (exact) mass is 300 g/mol. The van der Waals surface area contributed by atoms with Gasteiger partial charge in [-0.2, -0.15) is 0 Å². The molecule has 5 heteroatoms. The van der Waals surface area contributed by atoms with Gasteiger partial charge in [0.1, 0.15) is 5.82 Å². The first kappa shape index (κ1) is 14.0. The van der Waals surface area contributed by atoms with Gasteiger partial charge in [-0.3, -0.25) is 9.78 Å². The summed E-state index contributed by atoms with van der Waals surface area (Å²) >= 11 is 0. The molecule has 1 amide bonds. The zero-order chi connectivity index (χ0) is 15.1. The second-order valence-electron chi connectivity index (χ2n) is 7.11. The van der Waals surface area contributed by atoms with Gasteiger partial charge in [-0.1, -0.05) is 6.42 Å². The number of hydrogen-bond acceptors (Lipinski definition) is 4. The molecular formula is C17H24N4O. The molecule has 2 atom stereocenters. The Hall–Kier alpha value is -1.65. The molecule has 0 unspecified atom stereocenters. The van der Waals surface area contributed by atoms with Crippen molar-refractivity contribution in [2.45, 2.75) is 45.1 Å². The Morgan fingerprint density at radius 3 is 2.59 bits per heavy atom. The lowest BCUT2D eigenvalue weighted by molar-refractivity contribution is -0.128. The molecule has 1 N–H and O–H groups in total. The lowest BCUT2D eigenvalue weighted by atomic mass is 9.84. The highest BCUT2D eigenvalue weighted by molar-refractivity contribution is 5.79. The molecule has 0 aromatic carbocycles. The predicted octanol–water partition coefficient (Wildman–Crippen LogP) is 1.92. The summed E-state index contributed by atoms with van der Waals surface area (Å²) in [4.78, 5) is 23.5. The first-order valence-corrected chi connectivity index (χ1v) is 8.55. The van der Waals surface area contributed by atoms with Crippen LogP contribution in [-0.4, -0.2) is 35.0 Å². The highest BCUT2D eigenvalue weighted by atomic mass is 16.2. The van der Waals surface area contributed by atoms with Crippen LogP contribution in [0.1, 0.15) is 37.8 Å². The van der Waals surface area contributed by atoms with Gasteiger partial charge in [-0.25, -0.2) is 4.98 Å². The lowest BCUT2D eigenvalue weighted by Gasteiger charge is -2.27. The van der Waals surface area contributed by atoms with Gasteiger partial charge in [0.05, 0.1) is 11.7 Å². The number of carbonyl (C=O) groups excluding carboxylic acids is 1. The Kier molecular flexibility index (Phi) is 3.51. The van der Waals surface area contributed by atoms with E-state index in [1.54, 1.807) is 12.4 Å². The van der Waals surface area contributed by atoms with Crippen molar-refractivity contribution in [3.63, 3.8) is 0 Å². The summed E-state index contributed by atoms with van der Waals surface area (Å²) in [6, 6.07) is 0.280. The molecule has 2 heterocycles. The molecule has 1 aliphatic heterocycles. The van der Waals surface area contributed by atoms with Crippen molar-refractivity contribution in [3.05, 3.63) is 18.1 Å². The van der Waals surface area contributed by atoms with Gasteiger partial charge in [0.2, 0.25) is 5.91 Å². The minimum absolute atomic E-state index is 0.271. The minimum atomic E-state index is 0.271. The van der Waals surface area contributed by atoms with Gasteiger partial charge in [-0.15, -0.1) is 0 Å². The van der Waals surface area contributed by atoms with Crippen LogP contribution >= 0.6 is 0 Å². The Balaban J connectivity index is 1.48. The van der Waals surface area contributed by atoms with Gasteiger partial charge < -0.3 is 10.2 Å². The third kappa shape index (κ3) is 2.57. The van der Waals surface area contributed by atoms with Gasteiger partial charge in [-0.05, 0) is 38.5 Å². The Morgan fingerprint density at radius 1 is 1.18 bits per heavy atom. The van der Waals surface area contributed by atoms with Crippen molar-refractivity contribution < 1.29 is 4.79 Å². The van der Waals surface area contributed by atoms with E-state index >= 15 is 0 Å². The van der Waals surface area contributed by atoms with E-state index < -0.39 is 0 Å². The van der Waals surface area contributed by atoms with Crippen LogP contribution in [0.5, 0.6) is 0 Å². The van der Waals surface area contributed by atoms with E-state index in [9.17, 15) is 4.79 Å². The van der Waals surface area contributed by atoms with Crippen molar-refractivity contribution in [3.8, 4) is 0 Å². The molecule has 22 heavy (non-hydrogen) atoms. The standard InChI is InChI=1S/C17H24N4O/c1-11-16(19-8-7-18-11)21-9-14(12-5-6-12)15(10-21)20-17(22)13-3-2-4-13/h7-8,12-15H,2-6,9-10H2,1H3,(H,20,22)/t14-,15+/m1/s1. The average molecular weight is 300 g/mol. The second kappa shape index (κ2) is 5.52. The van der Waals surface area contributed by atoms with E-state index in [2.05, 4.69) is 20.2 Å². The fraction of sp³-hybridized carbons (Fsp3) is 0.706. The molecule has 0 bridgehead atoms. The molecular weight excluding hydrogens is 276 g/mol. The van der Waals surface area contributed by atoms with Gasteiger partial charge in [0, 0.05) is 37.3 Å². The normalized spacial score (nSPS) is 28.5. The summed E-state index contributed by atoms with van der Waals surface area (Å²) in [5.74, 6) is 2.89. The van der Waals surface area contributed by atoms with Crippen LogP contribution in [0.15, 0.2) is 12.4 Å². The Labute approximate surface area is 131 Å². The van der Waals surface area contributed by atoms with Crippen molar-refractivity contribution in [2.24, 2.45) is 17.8 Å². The molecule has 0 spiro atoms. The van der Waals surface area contributed by atoms with Crippen LogP contribution in [0, 0.1) is 24.7 Å². The van der Waals surface area contributed by atoms with E-state index in [1.807, 2.05) is 6.92 Å². The lowest BCUT2D eigenvalue weighted by Crippen LogP contribution is -2.45. The SMILES string of the molecule is Cc1nccnc1N1C[C@H](NC(=O)C2CCC2)[C@@H](C2CC2)C1. The van der Waals surface area contributed by atoms with E-state index in [0.717, 1.165) is 43.4 Å². The molecule has 118 valence electrons. The summed E-state index contributed by atoms with van der Waals surface area (Å²) in [6.45, 7) is 3.88. The van der Waals surface area contributed by atoms with Gasteiger partial charge in [0.25, 0.3) is 0 Å². The van der Waals surface area contributed by atoms with E-state index in [1.165, 1.54) is 19.3 Å². The maximum atomic E-state index is 12.3. The van der Waals surface area contributed by atoms with Crippen molar-refractivity contribution in [1.82, 2.24) is 15.3 Å². The second-order valence-corrected chi connectivity index (χ2v) is 7.11. The van der Waals surface area contributed by atoms with E-state index in [4.69, 9.17) is 0 Å². The number of hydrogen-bond donors (Lipinski definition) is 1. The highest BCUT2D eigenvalue weighted by Gasteiger charge is 2.44. The molecule has 3 fully saturated rings. The smallest absolute Gasteiger partial charge is 0.223 e. The molecule has 1 aromatic heterocycles. The van der Waals surface area contributed by atoms with Crippen LogP contribution in [0.4, 0.5) is 5.82 Å². The maximum absolute atomic E-state index is 12.3. The number of nitrogens with one attached hydrogen (secondary N) is 1. The molecule has 1 saturated heterocycles. The number of rotatable bonds is 4. The Bertz CT molecular complexity index is 568. The van der Waals surface area contributed by atoms with Gasteiger partial charge in [0.15, 0.2) is 0 Å². The van der Waals surface area contributed by atoms with Crippen molar-refractivity contribution >= 4 is 11.7 Å². The zero-order valence-corrected chi connectivity index (χ0v) is 13.2. The summed E-state index contributed by atoms with van der Waals surface area (Å²) in [7, 11) is 0. The van der Waals surface area contributed by atoms with Gasteiger partial charge >= 0.3 is 0 Å². The molecule has 1 aromatic rings. The fourth-order valence-corrected chi connectivity index (χ4v) is 3.84. The number of aryl methyl sites for hydroxylation is 1. The third-order valence-corrected chi connectivity index (χ3v) is 5.55. The molecule has 0 radical (unpaired) electrons. The zero-order valence-electron chi connectivity index (χ0n) is 13.2. The van der Waals surface area contributed by atoms with Crippen LogP contribution in [0.3, 0.4) is 0 Å². The summed E-state index contributed by atoms with van der Waals surface area (Å²) in [6.07, 6.45) is 9.47. The largest absolute Gasteiger partial charge is 0.353 e. The summed E-state index contributed by atoms with van der Waals surface area (Å²) in [5, 5.41) is 3.34. The molecule has 3 aliphatic rings. The van der Waals surface area contributed by atoms with Crippen molar-refractivity contribution in [2.75, 3.05) is 18.0 Å². The number of amides is 1. The third-order valence-electron chi connectivity index (χ3n) is 5.55. The predicted molar refractivity (Wildman–Crippen MR) is 84.5 cm³/mol.